The van der Waals surface area contributed by atoms with Gasteiger partial charge in [0.05, 0.1) is 48.8 Å². The van der Waals surface area contributed by atoms with E-state index >= 15 is 0 Å². The standard InChI is InChI=1S/C26H29N7O4S/c1-5-37-25(34)18-14-28-26(29-15-18)32(3)16(2)20-12-19-22(38-20)24(33-8-10-36-11-9-33)31-23(30-19)17-6-7-21(35-4)27-13-17/h6-7,12-16H,5,8-11H2,1-4H3. The second-order valence-electron chi connectivity index (χ2n) is 8.70. The molecule has 0 aliphatic carbocycles. The zero-order valence-corrected chi connectivity index (χ0v) is 22.6. The van der Waals surface area contributed by atoms with Gasteiger partial charge < -0.3 is 24.0 Å². The molecule has 4 aromatic heterocycles. The Morgan fingerprint density at radius 2 is 1.92 bits per heavy atom. The molecule has 0 N–H and O–H groups in total. The van der Waals surface area contributed by atoms with E-state index in [2.05, 4.69) is 32.8 Å². The third-order valence-electron chi connectivity index (χ3n) is 6.34. The minimum Gasteiger partial charge on any atom is -0.481 e. The first-order valence-corrected chi connectivity index (χ1v) is 13.2. The summed E-state index contributed by atoms with van der Waals surface area (Å²) in [5.41, 5.74) is 2.01. The number of carbonyl (C=O) groups is 1. The van der Waals surface area contributed by atoms with Crippen LogP contribution in [0.1, 0.15) is 35.1 Å². The van der Waals surface area contributed by atoms with Gasteiger partial charge in [0.1, 0.15) is 0 Å². The average Bonchev–Trinajstić information content (AvgIpc) is 3.41. The van der Waals surface area contributed by atoms with Crippen molar-refractivity contribution in [1.82, 2.24) is 24.9 Å². The number of ether oxygens (including phenoxy) is 3. The fraction of sp³-hybridized carbons (Fsp3) is 0.385. The van der Waals surface area contributed by atoms with E-state index in [4.69, 9.17) is 24.2 Å². The summed E-state index contributed by atoms with van der Waals surface area (Å²) >= 11 is 1.66. The van der Waals surface area contributed by atoms with E-state index in [0.717, 1.165) is 39.6 Å². The van der Waals surface area contributed by atoms with E-state index in [1.54, 1.807) is 37.6 Å². The van der Waals surface area contributed by atoms with E-state index < -0.39 is 5.97 Å². The first kappa shape index (κ1) is 25.7. The van der Waals surface area contributed by atoms with Crippen molar-refractivity contribution in [3.05, 3.63) is 47.2 Å². The summed E-state index contributed by atoms with van der Waals surface area (Å²) in [6, 6.07) is 5.77. The molecule has 1 aliphatic heterocycles. The van der Waals surface area contributed by atoms with Gasteiger partial charge in [-0.25, -0.2) is 29.7 Å². The Hall–Kier alpha value is -3.90. The van der Waals surface area contributed by atoms with Gasteiger partial charge in [-0.1, -0.05) is 0 Å². The summed E-state index contributed by atoms with van der Waals surface area (Å²) in [5.74, 6) is 2.11. The van der Waals surface area contributed by atoms with Crippen LogP contribution in [-0.2, 0) is 9.47 Å². The second-order valence-corrected chi connectivity index (χ2v) is 9.79. The molecule has 1 unspecified atom stereocenters. The Balaban J connectivity index is 1.49. The Labute approximate surface area is 224 Å². The lowest BCUT2D eigenvalue weighted by Crippen LogP contribution is -2.36. The third kappa shape index (κ3) is 5.22. The molecule has 38 heavy (non-hydrogen) atoms. The number of methoxy groups -OCH3 is 1. The smallest absolute Gasteiger partial charge is 0.341 e. The SMILES string of the molecule is CCOC(=O)c1cnc(N(C)C(C)c2cc3nc(-c4ccc(OC)nc4)nc(N4CCOCC4)c3s2)nc1. The number of fused-ring (bicyclic) bond motifs is 1. The summed E-state index contributed by atoms with van der Waals surface area (Å²) in [6.45, 7) is 6.98. The molecule has 0 radical (unpaired) electrons. The first-order chi connectivity index (χ1) is 18.5. The quantitative estimate of drug-likeness (QED) is 0.307. The van der Waals surface area contributed by atoms with E-state index in [9.17, 15) is 4.79 Å². The van der Waals surface area contributed by atoms with Crippen LogP contribution in [0.4, 0.5) is 11.8 Å². The molecule has 0 amide bonds. The summed E-state index contributed by atoms with van der Waals surface area (Å²) in [5, 5.41) is 0. The highest BCUT2D eigenvalue weighted by Gasteiger charge is 2.24. The zero-order chi connectivity index (χ0) is 26.6. The third-order valence-corrected chi connectivity index (χ3v) is 7.64. The molecular weight excluding hydrogens is 506 g/mol. The molecule has 0 saturated carbocycles. The fourth-order valence-electron chi connectivity index (χ4n) is 4.08. The Bertz CT molecular complexity index is 1410. The van der Waals surface area contributed by atoms with Crippen LogP contribution in [0.2, 0.25) is 0 Å². The van der Waals surface area contributed by atoms with Gasteiger partial charge in [-0.05, 0) is 26.0 Å². The normalized spacial score (nSPS) is 14.4. The highest BCUT2D eigenvalue weighted by atomic mass is 32.1. The van der Waals surface area contributed by atoms with Gasteiger partial charge in [0.2, 0.25) is 11.8 Å². The first-order valence-electron chi connectivity index (χ1n) is 12.3. The molecule has 11 nitrogen and oxygen atoms in total. The molecule has 1 aliphatic rings. The number of aromatic nitrogens is 5. The van der Waals surface area contributed by atoms with Gasteiger partial charge in [0.25, 0.3) is 0 Å². The molecule has 4 aromatic rings. The van der Waals surface area contributed by atoms with Crippen molar-refractivity contribution >= 4 is 39.3 Å². The highest BCUT2D eigenvalue weighted by molar-refractivity contribution is 7.19. The van der Waals surface area contributed by atoms with Crippen LogP contribution < -0.4 is 14.5 Å². The summed E-state index contributed by atoms with van der Waals surface area (Å²) in [4.78, 5) is 40.3. The van der Waals surface area contributed by atoms with Gasteiger partial charge in [0.15, 0.2) is 11.6 Å². The molecule has 12 heteroatoms. The van der Waals surface area contributed by atoms with E-state index in [0.29, 0.717) is 43.0 Å². The van der Waals surface area contributed by atoms with Crippen LogP contribution in [0.25, 0.3) is 21.6 Å². The van der Waals surface area contributed by atoms with Crippen molar-refractivity contribution in [3.8, 4) is 17.3 Å². The molecule has 1 fully saturated rings. The van der Waals surface area contributed by atoms with Gasteiger partial charge in [-0.2, -0.15) is 0 Å². The molecule has 5 heterocycles. The zero-order valence-electron chi connectivity index (χ0n) is 21.7. The fourth-order valence-corrected chi connectivity index (χ4v) is 5.29. The maximum atomic E-state index is 12.0. The second kappa shape index (κ2) is 11.2. The molecule has 1 atom stereocenters. The molecule has 0 aromatic carbocycles. The minimum absolute atomic E-state index is 0.0497. The van der Waals surface area contributed by atoms with Crippen molar-refractivity contribution in [3.63, 3.8) is 0 Å². The van der Waals surface area contributed by atoms with Gasteiger partial charge >= 0.3 is 5.97 Å². The topological polar surface area (TPSA) is 116 Å². The van der Waals surface area contributed by atoms with Gasteiger partial charge in [0, 0.05) is 55.2 Å². The van der Waals surface area contributed by atoms with Crippen LogP contribution in [0.5, 0.6) is 5.88 Å². The molecule has 198 valence electrons. The number of morpholine rings is 1. The molecule has 5 rings (SSSR count). The van der Waals surface area contributed by atoms with Crippen LogP contribution in [0, 0.1) is 0 Å². The maximum Gasteiger partial charge on any atom is 0.341 e. The van der Waals surface area contributed by atoms with Crippen molar-refractivity contribution in [2.45, 2.75) is 19.9 Å². The number of hydrogen-bond acceptors (Lipinski definition) is 12. The Morgan fingerprint density at radius 1 is 1.16 bits per heavy atom. The molecule has 1 saturated heterocycles. The van der Waals surface area contributed by atoms with E-state index in [1.807, 2.05) is 18.0 Å². The van der Waals surface area contributed by atoms with Crippen molar-refractivity contribution in [1.29, 1.82) is 0 Å². The summed E-state index contributed by atoms with van der Waals surface area (Å²) < 4.78 is 16.8. The lowest BCUT2D eigenvalue weighted by Gasteiger charge is -2.28. The number of anilines is 2. The maximum absolute atomic E-state index is 12.0. The van der Waals surface area contributed by atoms with Crippen molar-refractivity contribution < 1.29 is 19.0 Å². The molecule has 0 bridgehead atoms. The largest absolute Gasteiger partial charge is 0.481 e. The molecular formula is C26H29N7O4S. The average molecular weight is 536 g/mol. The number of pyridine rings is 1. The van der Waals surface area contributed by atoms with E-state index in [-0.39, 0.29) is 6.04 Å². The van der Waals surface area contributed by atoms with Crippen LogP contribution in [0.3, 0.4) is 0 Å². The number of nitrogens with zero attached hydrogens (tertiary/aromatic N) is 7. The number of esters is 1. The number of thiophene rings is 1. The summed E-state index contributed by atoms with van der Waals surface area (Å²) in [7, 11) is 3.52. The number of hydrogen-bond donors (Lipinski definition) is 0. The predicted molar refractivity (Wildman–Crippen MR) is 145 cm³/mol. The van der Waals surface area contributed by atoms with Gasteiger partial charge in [-0.15, -0.1) is 11.3 Å². The highest BCUT2D eigenvalue weighted by Crippen LogP contribution is 2.38. The van der Waals surface area contributed by atoms with Crippen molar-refractivity contribution in [2.24, 2.45) is 0 Å². The Morgan fingerprint density at radius 3 is 2.58 bits per heavy atom. The monoisotopic (exact) mass is 535 g/mol. The van der Waals surface area contributed by atoms with Crippen LogP contribution in [-0.4, -0.2) is 78.0 Å². The summed E-state index contributed by atoms with van der Waals surface area (Å²) in [6.07, 6.45) is 4.71. The van der Waals surface area contributed by atoms with Crippen LogP contribution >= 0.6 is 11.3 Å². The lowest BCUT2D eigenvalue weighted by atomic mass is 10.2. The van der Waals surface area contributed by atoms with Crippen molar-refractivity contribution in [2.75, 3.05) is 56.9 Å². The number of rotatable bonds is 8. The van der Waals surface area contributed by atoms with Crippen LogP contribution in [0.15, 0.2) is 36.8 Å². The predicted octanol–water partition coefficient (Wildman–Crippen LogP) is 3.76. The van der Waals surface area contributed by atoms with E-state index in [1.165, 1.54) is 12.4 Å². The van der Waals surface area contributed by atoms with Gasteiger partial charge in [-0.3, -0.25) is 0 Å². The minimum atomic E-state index is -0.434. The number of carbonyl (C=O) groups excluding carboxylic acids is 1. The lowest BCUT2D eigenvalue weighted by molar-refractivity contribution is 0.0525. The Kier molecular flexibility index (Phi) is 7.61. The molecule has 0 spiro atoms.